The van der Waals surface area contributed by atoms with Crippen LogP contribution in [0.5, 0.6) is 5.75 Å². The van der Waals surface area contributed by atoms with E-state index in [-0.39, 0.29) is 16.6 Å². The second kappa shape index (κ2) is 9.20. The molecule has 2 aromatic heterocycles. The summed E-state index contributed by atoms with van der Waals surface area (Å²) in [5, 5.41) is 0. The Bertz CT molecular complexity index is 1490. The highest BCUT2D eigenvalue weighted by Gasteiger charge is 2.20. The van der Waals surface area contributed by atoms with E-state index in [4.69, 9.17) is 20.2 Å². The van der Waals surface area contributed by atoms with Crippen molar-refractivity contribution < 1.29 is 17.9 Å². The SMILES string of the molecule is CCS(=O)(=O)c1ccccc1-c1cn2c(N)nc(-c3ccc(N4CCOCC4)c(OC)c3)cc2n1. The lowest BCUT2D eigenvalue weighted by molar-refractivity contribution is 0.122. The summed E-state index contributed by atoms with van der Waals surface area (Å²) < 4.78 is 38.0. The third-order valence-corrected chi connectivity index (χ3v) is 7.97. The highest BCUT2D eigenvalue weighted by atomic mass is 32.2. The molecule has 0 atom stereocenters. The summed E-state index contributed by atoms with van der Waals surface area (Å²) in [6.45, 7) is 4.61. The third-order valence-electron chi connectivity index (χ3n) is 6.19. The second-order valence-corrected chi connectivity index (χ2v) is 10.5. The number of methoxy groups -OCH3 is 1. The van der Waals surface area contributed by atoms with E-state index in [2.05, 4.69) is 9.88 Å². The van der Waals surface area contributed by atoms with Gasteiger partial charge in [0.1, 0.15) is 11.4 Å². The molecule has 2 aromatic carbocycles. The van der Waals surface area contributed by atoms with Gasteiger partial charge in [0.15, 0.2) is 9.84 Å². The number of hydrogen-bond donors (Lipinski definition) is 1. The number of anilines is 2. The molecule has 5 rings (SSSR count). The van der Waals surface area contributed by atoms with Crippen molar-refractivity contribution in [1.82, 2.24) is 14.4 Å². The fourth-order valence-corrected chi connectivity index (χ4v) is 5.40. The highest BCUT2D eigenvalue weighted by Crippen LogP contribution is 2.34. The van der Waals surface area contributed by atoms with Crippen molar-refractivity contribution in [2.24, 2.45) is 0 Å². The van der Waals surface area contributed by atoms with Gasteiger partial charge in [0, 0.05) is 36.5 Å². The fraction of sp³-hybridized carbons (Fsp3) is 0.280. The van der Waals surface area contributed by atoms with Crippen molar-refractivity contribution in [3.05, 3.63) is 54.7 Å². The van der Waals surface area contributed by atoms with Crippen molar-refractivity contribution in [1.29, 1.82) is 0 Å². The summed E-state index contributed by atoms with van der Waals surface area (Å²) in [6.07, 6.45) is 1.72. The van der Waals surface area contributed by atoms with Gasteiger partial charge in [-0.15, -0.1) is 0 Å². The van der Waals surface area contributed by atoms with Gasteiger partial charge in [-0.3, -0.25) is 4.40 Å². The van der Waals surface area contributed by atoms with Crippen LogP contribution in [0.2, 0.25) is 0 Å². The maximum atomic E-state index is 12.6. The molecule has 4 aromatic rings. The lowest BCUT2D eigenvalue weighted by Crippen LogP contribution is -2.36. The van der Waals surface area contributed by atoms with E-state index in [1.807, 2.05) is 24.3 Å². The number of ether oxygens (including phenoxy) is 2. The summed E-state index contributed by atoms with van der Waals surface area (Å²) in [6, 6.07) is 14.6. The molecule has 2 N–H and O–H groups in total. The molecule has 0 amide bonds. The van der Waals surface area contributed by atoms with Crippen molar-refractivity contribution in [3.63, 3.8) is 0 Å². The largest absolute Gasteiger partial charge is 0.495 e. The number of benzene rings is 2. The molecule has 10 heteroatoms. The van der Waals surface area contributed by atoms with Crippen LogP contribution >= 0.6 is 0 Å². The average molecular weight is 494 g/mol. The van der Waals surface area contributed by atoms with Crippen LogP contribution in [-0.2, 0) is 14.6 Å². The quantitative estimate of drug-likeness (QED) is 0.436. The first-order valence-corrected chi connectivity index (χ1v) is 13.1. The number of nitrogens with two attached hydrogens (primary N) is 1. The summed E-state index contributed by atoms with van der Waals surface area (Å²) in [5.41, 5.74) is 10.4. The van der Waals surface area contributed by atoms with Gasteiger partial charge in [0.05, 0.1) is 48.0 Å². The molecule has 0 radical (unpaired) electrons. The summed E-state index contributed by atoms with van der Waals surface area (Å²) in [7, 11) is -1.77. The van der Waals surface area contributed by atoms with Gasteiger partial charge in [-0.2, -0.15) is 0 Å². The zero-order chi connectivity index (χ0) is 24.6. The van der Waals surface area contributed by atoms with Crippen molar-refractivity contribution in [3.8, 4) is 28.3 Å². The highest BCUT2D eigenvalue weighted by molar-refractivity contribution is 7.91. The van der Waals surface area contributed by atoms with Gasteiger partial charge in [-0.1, -0.05) is 31.2 Å². The average Bonchev–Trinajstić information content (AvgIpc) is 3.34. The molecule has 35 heavy (non-hydrogen) atoms. The number of morpholine rings is 1. The monoisotopic (exact) mass is 493 g/mol. The van der Waals surface area contributed by atoms with E-state index < -0.39 is 9.84 Å². The minimum Gasteiger partial charge on any atom is -0.495 e. The Balaban J connectivity index is 1.56. The number of hydrogen-bond acceptors (Lipinski definition) is 8. The number of aromatic nitrogens is 3. The van der Waals surface area contributed by atoms with E-state index >= 15 is 0 Å². The number of nitrogen functional groups attached to an aromatic ring is 1. The van der Waals surface area contributed by atoms with Crippen molar-refractivity contribution in [2.45, 2.75) is 11.8 Å². The fourth-order valence-electron chi connectivity index (χ4n) is 4.30. The van der Waals surface area contributed by atoms with Gasteiger partial charge >= 0.3 is 0 Å². The Morgan fingerprint density at radius 2 is 1.83 bits per heavy atom. The van der Waals surface area contributed by atoms with Gasteiger partial charge in [0.25, 0.3) is 0 Å². The Labute approximate surface area is 204 Å². The van der Waals surface area contributed by atoms with Gasteiger partial charge in [0.2, 0.25) is 5.95 Å². The topological polar surface area (TPSA) is 112 Å². The minimum atomic E-state index is -3.42. The molecule has 0 unspecified atom stereocenters. The molecule has 3 heterocycles. The Kier molecular flexibility index (Phi) is 6.08. The van der Waals surface area contributed by atoms with Crippen LogP contribution in [0.25, 0.3) is 28.2 Å². The Hall–Kier alpha value is -3.63. The van der Waals surface area contributed by atoms with Crippen LogP contribution < -0.4 is 15.4 Å². The number of rotatable bonds is 6. The van der Waals surface area contributed by atoms with E-state index in [9.17, 15) is 8.42 Å². The molecule has 182 valence electrons. The number of imidazole rings is 1. The maximum absolute atomic E-state index is 12.6. The van der Waals surface area contributed by atoms with Crippen molar-refractivity contribution >= 4 is 27.1 Å². The van der Waals surface area contributed by atoms with E-state index in [0.717, 1.165) is 30.1 Å². The molecule has 0 aliphatic carbocycles. The van der Waals surface area contributed by atoms with Crippen LogP contribution in [0.15, 0.2) is 59.6 Å². The van der Waals surface area contributed by atoms with Crippen LogP contribution in [0.4, 0.5) is 11.6 Å². The molecule has 1 aliphatic rings. The van der Waals surface area contributed by atoms with Gasteiger partial charge in [-0.25, -0.2) is 18.4 Å². The van der Waals surface area contributed by atoms with E-state index in [1.165, 1.54) is 0 Å². The summed E-state index contributed by atoms with van der Waals surface area (Å²) >= 11 is 0. The normalized spacial score (nSPS) is 14.4. The first kappa shape index (κ1) is 23.1. The zero-order valence-corrected chi connectivity index (χ0v) is 20.5. The van der Waals surface area contributed by atoms with Crippen molar-refractivity contribution in [2.75, 3.05) is 49.8 Å². The number of nitrogens with zero attached hydrogens (tertiary/aromatic N) is 4. The molecule has 1 fully saturated rings. The molecule has 0 spiro atoms. The minimum absolute atomic E-state index is 0.00745. The van der Waals surface area contributed by atoms with Crippen LogP contribution in [0.1, 0.15) is 6.92 Å². The van der Waals surface area contributed by atoms with Gasteiger partial charge < -0.3 is 20.1 Å². The Morgan fingerprint density at radius 3 is 2.57 bits per heavy atom. The Morgan fingerprint density at radius 1 is 1.06 bits per heavy atom. The van der Waals surface area contributed by atoms with E-state index in [0.29, 0.717) is 35.8 Å². The molecule has 9 nitrogen and oxygen atoms in total. The summed E-state index contributed by atoms with van der Waals surface area (Å²) in [5.74, 6) is 1.00. The molecular formula is C25H27N5O4S. The molecule has 0 saturated carbocycles. The second-order valence-electron chi connectivity index (χ2n) is 8.24. The predicted octanol–water partition coefficient (Wildman–Crippen LogP) is 3.28. The zero-order valence-electron chi connectivity index (χ0n) is 19.6. The molecule has 0 bridgehead atoms. The number of sulfone groups is 1. The summed E-state index contributed by atoms with van der Waals surface area (Å²) in [4.78, 5) is 11.8. The lowest BCUT2D eigenvalue weighted by Gasteiger charge is -2.30. The number of fused-ring (bicyclic) bond motifs is 1. The van der Waals surface area contributed by atoms with Crippen LogP contribution in [-0.4, -0.2) is 62.0 Å². The van der Waals surface area contributed by atoms with Crippen LogP contribution in [0.3, 0.4) is 0 Å². The smallest absolute Gasteiger partial charge is 0.206 e. The van der Waals surface area contributed by atoms with Crippen LogP contribution in [0, 0.1) is 0 Å². The standard InChI is InChI=1S/C25H27N5O4S/c1-3-35(31,32)23-7-5-4-6-18(23)20-16-30-24(27-20)15-19(28-25(30)26)17-8-9-21(22(14-17)33-2)29-10-12-34-13-11-29/h4-9,14-16H,3,10-13H2,1-2H3,(H2,26,28). The molecule has 1 saturated heterocycles. The first-order chi connectivity index (χ1) is 16.9. The molecular weight excluding hydrogens is 466 g/mol. The molecule has 1 aliphatic heterocycles. The first-order valence-electron chi connectivity index (χ1n) is 11.4. The lowest BCUT2D eigenvalue weighted by atomic mass is 10.1. The van der Waals surface area contributed by atoms with Gasteiger partial charge in [-0.05, 0) is 18.2 Å². The third kappa shape index (κ3) is 4.30. The predicted molar refractivity (Wildman–Crippen MR) is 136 cm³/mol. The van der Waals surface area contributed by atoms with E-state index in [1.54, 1.807) is 48.9 Å². The maximum Gasteiger partial charge on any atom is 0.206 e.